The second-order valence-corrected chi connectivity index (χ2v) is 5.91. The lowest BCUT2D eigenvalue weighted by atomic mass is 10.0. The van der Waals surface area contributed by atoms with Gasteiger partial charge in [0.2, 0.25) is 0 Å². The summed E-state index contributed by atoms with van der Waals surface area (Å²) in [6, 6.07) is 13.0. The van der Waals surface area contributed by atoms with E-state index in [2.05, 4.69) is 25.1 Å². The normalized spacial score (nSPS) is 15.6. The van der Waals surface area contributed by atoms with Crippen molar-refractivity contribution < 1.29 is 17.9 Å². The molecular weight excluding hydrogens is 359 g/mol. The molecule has 6 nitrogen and oxygen atoms in total. The lowest BCUT2D eigenvalue weighted by Crippen LogP contribution is -2.17. The summed E-state index contributed by atoms with van der Waals surface area (Å²) in [5.74, 6) is 0.404. The summed E-state index contributed by atoms with van der Waals surface area (Å²) >= 11 is 0. The van der Waals surface area contributed by atoms with Crippen molar-refractivity contribution in [3.05, 3.63) is 70.1 Å². The van der Waals surface area contributed by atoms with E-state index in [0.717, 1.165) is 11.3 Å². The number of benzene rings is 2. The van der Waals surface area contributed by atoms with Crippen molar-refractivity contribution in [3.8, 4) is 5.75 Å². The molecule has 1 N–H and O–H groups in total. The fourth-order valence-electron chi connectivity index (χ4n) is 2.89. The summed E-state index contributed by atoms with van der Waals surface area (Å²) in [7, 11) is 0. The van der Waals surface area contributed by atoms with Crippen molar-refractivity contribution in [2.24, 2.45) is 10.1 Å². The molecule has 3 rings (SSSR count). The molecule has 140 valence electrons. The summed E-state index contributed by atoms with van der Waals surface area (Å²) in [4.78, 5) is 7.37. The van der Waals surface area contributed by atoms with Crippen LogP contribution in [-0.4, -0.2) is 18.7 Å². The minimum absolute atomic E-state index is 0.176. The smallest absolute Gasteiger partial charge is 0.406 e. The van der Waals surface area contributed by atoms with E-state index in [0.29, 0.717) is 24.2 Å². The number of para-hydroxylation sites is 1. The van der Waals surface area contributed by atoms with Crippen LogP contribution in [0.3, 0.4) is 0 Å². The summed E-state index contributed by atoms with van der Waals surface area (Å²) in [5.41, 5.74) is 11.1. The zero-order valence-electron chi connectivity index (χ0n) is 14.1. The van der Waals surface area contributed by atoms with Crippen LogP contribution in [0.1, 0.15) is 23.6 Å². The maximum absolute atomic E-state index is 12.5. The van der Waals surface area contributed by atoms with Crippen LogP contribution in [0.4, 0.5) is 18.9 Å². The van der Waals surface area contributed by atoms with Gasteiger partial charge in [-0.1, -0.05) is 35.4 Å². The highest BCUT2D eigenvalue weighted by atomic mass is 19.4. The van der Waals surface area contributed by atoms with Crippen LogP contribution < -0.4 is 10.1 Å². The summed E-state index contributed by atoms with van der Waals surface area (Å²) in [6.07, 6.45) is -3.80. The maximum Gasteiger partial charge on any atom is 0.573 e. The Hall–Kier alpha value is -3.19. The number of nitrogens with one attached hydrogen (secondary N) is 1. The average Bonchev–Trinajstić information content (AvgIpc) is 3.02. The van der Waals surface area contributed by atoms with Gasteiger partial charge in [0, 0.05) is 23.6 Å². The fraction of sp³-hybridized carbons (Fsp3) is 0.278. The molecule has 0 amide bonds. The molecule has 27 heavy (non-hydrogen) atoms. The lowest BCUT2D eigenvalue weighted by Gasteiger charge is -2.15. The van der Waals surface area contributed by atoms with Gasteiger partial charge in [-0.25, -0.2) is 0 Å². The number of nitrogens with zero attached hydrogens (tertiary/aromatic N) is 4. The minimum atomic E-state index is -4.76. The van der Waals surface area contributed by atoms with Crippen molar-refractivity contribution in [1.82, 2.24) is 0 Å². The van der Waals surface area contributed by atoms with Crippen molar-refractivity contribution in [2.45, 2.75) is 25.2 Å². The first kappa shape index (κ1) is 18.6. The standard InChI is InChI=1S/C18H16F3N5O/c19-18(20,21)27-14-6-3-5-12(10-14)16(8-9-23-26-22)25-17-11-13-4-1-2-7-15(13)24-17/h1-7,10,16H,8-9,11H2,(H,24,25). The zero-order valence-corrected chi connectivity index (χ0v) is 14.1. The third-order valence-corrected chi connectivity index (χ3v) is 4.01. The highest BCUT2D eigenvalue weighted by Gasteiger charge is 2.31. The number of ether oxygens (including phenoxy) is 1. The molecule has 1 atom stereocenters. The van der Waals surface area contributed by atoms with Crippen LogP contribution in [-0.2, 0) is 6.42 Å². The van der Waals surface area contributed by atoms with E-state index in [1.165, 1.54) is 18.2 Å². The molecule has 1 heterocycles. The van der Waals surface area contributed by atoms with E-state index in [4.69, 9.17) is 5.53 Å². The topological polar surface area (TPSA) is 82.4 Å². The Morgan fingerprint density at radius 2 is 2.00 bits per heavy atom. The van der Waals surface area contributed by atoms with Gasteiger partial charge < -0.3 is 10.1 Å². The molecule has 0 aliphatic carbocycles. The Kier molecular flexibility index (Phi) is 5.52. The molecule has 1 aliphatic heterocycles. The molecule has 2 aromatic rings. The fourth-order valence-corrected chi connectivity index (χ4v) is 2.89. The first-order chi connectivity index (χ1) is 12.9. The van der Waals surface area contributed by atoms with Gasteiger partial charge in [0.15, 0.2) is 0 Å². The summed E-state index contributed by atoms with van der Waals surface area (Å²) < 4.78 is 41.5. The lowest BCUT2D eigenvalue weighted by molar-refractivity contribution is -0.274. The third kappa shape index (κ3) is 5.15. The molecule has 9 heteroatoms. The number of hydrogen-bond donors (Lipinski definition) is 1. The Labute approximate surface area is 153 Å². The number of halogens is 3. The van der Waals surface area contributed by atoms with Gasteiger partial charge >= 0.3 is 6.36 Å². The molecular formula is C18H16F3N5O. The Morgan fingerprint density at radius 3 is 2.74 bits per heavy atom. The van der Waals surface area contributed by atoms with Gasteiger partial charge in [-0.2, -0.15) is 0 Å². The second-order valence-electron chi connectivity index (χ2n) is 5.91. The van der Waals surface area contributed by atoms with Crippen LogP contribution in [0.25, 0.3) is 10.4 Å². The van der Waals surface area contributed by atoms with Crippen LogP contribution in [0, 0.1) is 0 Å². The predicted molar refractivity (Wildman–Crippen MR) is 95.7 cm³/mol. The van der Waals surface area contributed by atoms with Gasteiger partial charge in [-0.3, -0.25) is 4.99 Å². The SMILES string of the molecule is [N-]=[N+]=NCCC(N=C1Cc2ccccc2N1)c1cccc(OC(F)(F)F)c1. The summed E-state index contributed by atoms with van der Waals surface area (Å²) in [5, 5.41) is 6.73. The minimum Gasteiger partial charge on any atom is -0.406 e. The largest absolute Gasteiger partial charge is 0.573 e. The first-order valence-corrected chi connectivity index (χ1v) is 8.23. The highest BCUT2D eigenvalue weighted by molar-refractivity contribution is 6.03. The van der Waals surface area contributed by atoms with E-state index >= 15 is 0 Å². The third-order valence-electron chi connectivity index (χ3n) is 4.01. The number of anilines is 1. The number of aliphatic imine (C=N–C) groups is 1. The maximum atomic E-state index is 12.5. The molecule has 1 unspecified atom stereocenters. The Morgan fingerprint density at radius 1 is 1.19 bits per heavy atom. The van der Waals surface area contributed by atoms with Crippen LogP contribution >= 0.6 is 0 Å². The van der Waals surface area contributed by atoms with Crippen LogP contribution in [0.5, 0.6) is 5.75 Å². The first-order valence-electron chi connectivity index (χ1n) is 8.23. The van der Waals surface area contributed by atoms with Gasteiger partial charge in [0.05, 0.1) is 6.04 Å². The van der Waals surface area contributed by atoms with Crippen molar-refractivity contribution >= 4 is 11.5 Å². The zero-order chi connectivity index (χ0) is 19.3. The van der Waals surface area contributed by atoms with Crippen molar-refractivity contribution in [2.75, 3.05) is 11.9 Å². The molecule has 2 aromatic carbocycles. The Bertz CT molecular complexity index is 864. The monoisotopic (exact) mass is 375 g/mol. The van der Waals surface area contributed by atoms with E-state index in [9.17, 15) is 13.2 Å². The van der Waals surface area contributed by atoms with Gasteiger partial charge in [-0.05, 0) is 41.3 Å². The molecule has 0 radical (unpaired) electrons. The molecule has 1 aliphatic rings. The van der Waals surface area contributed by atoms with Crippen LogP contribution in [0.2, 0.25) is 0 Å². The number of azide groups is 1. The number of rotatable bonds is 6. The highest BCUT2D eigenvalue weighted by Crippen LogP contribution is 2.30. The quantitative estimate of drug-likeness (QED) is 0.417. The van der Waals surface area contributed by atoms with E-state index in [1.54, 1.807) is 6.07 Å². The van der Waals surface area contributed by atoms with Gasteiger partial charge in [0.25, 0.3) is 0 Å². The number of alkyl halides is 3. The van der Waals surface area contributed by atoms with Gasteiger partial charge in [0.1, 0.15) is 11.6 Å². The number of fused-ring (bicyclic) bond motifs is 1. The number of amidine groups is 1. The molecule has 0 spiro atoms. The van der Waals surface area contributed by atoms with E-state index in [-0.39, 0.29) is 12.3 Å². The van der Waals surface area contributed by atoms with Crippen molar-refractivity contribution in [3.63, 3.8) is 0 Å². The van der Waals surface area contributed by atoms with E-state index in [1.807, 2.05) is 24.3 Å². The van der Waals surface area contributed by atoms with Crippen molar-refractivity contribution in [1.29, 1.82) is 0 Å². The summed E-state index contributed by atoms with van der Waals surface area (Å²) in [6.45, 7) is 0.176. The van der Waals surface area contributed by atoms with E-state index < -0.39 is 12.4 Å². The van der Waals surface area contributed by atoms with Crippen LogP contribution in [0.15, 0.2) is 58.6 Å². The molecule has 0 saturated carbocycles. The molecule has 0 aromatic heterocycles. The second kappa shape index (κ2) is 8.01. The predicted octanol–water partition coefficient (Wildman–Crippen LogP) is 5.39. The molecule has 0 fully saturated rings. The molecule has 0 saturated heterocycles. The van der Waals surface area contributed by atoms with Gasteiger partial charge in [-0.15, -0.1) is 13.2 Å². The Balaban J connectivity index is 1.85. The number of hydrogen-bond acceptors (Lipinski definition) is 3. The average molecular weight is 375 g/mol. The molecule has 0 bridgehead atoms.